The van der Waals surface area contributed by atoms with Gasteiger partial charge in [0.1, 0.15) is 0 Å². The Bertz CT molecular complexity index is 357. The predicted octanol–water partition coefficient (Wildman–Crippen LogP) is 2.02. The Morgan fingerprint density at radius 3 is 2.67 bits per heavy atom. The zero-order chi connectivity index (χ0) is 11.3. The molecule has 0 spiro atoms. The Balaban J connectivity index is 2.38. The zero-order valence-electron chi connectivity index (χ0n) is 9.00. The van der Waals surface area contributed by atoms with E-state index in [1.165, 1.54) is 11.3 Å². The Hall–Kier alpha value is -1.16. The summed E-state index contributed by atoms with van der Waals surface area (Å²) in [5, 5.41) is 2.80. The van der Waals surface area contributed by atoms with E-state index in [0.717, 1.165) is 16.2 Å². The number of Topliss-reactive ketones (excluding diaryl/α,β-unsaturated/α-hetero) is 1. The molecule has 0 radical (unpaired) electrons. The van der Waals surface area contributed by atoms with Gasteiger partial charge in [-0.15, -0.1) is 11.3 Å². The van der Waals surface area contributed by atoms with Crippen molar-refractivity contribution in [2.45, 2.75) is 26.7 Å². The monoisotopic (exact) mass is 225 g/mol. The van der Waals surface area contributed by atoms with Gasteiger partial charge in [-0.25, -0.2) is 0 Å². The van der Waals surface area contributed by atoms with Crippen LogP contribution in [-0.2, 0) is 11.2 Å². The molecular weight excluding hydrogens is 210 g/mol. The molecule has 0 atom stereocenters. The minimum absolute atomic E-state index is 0.0679. The first-order valence-electron chi connectivity index (χ1n) is 4.99. The summed E-state index contributed by atoms with van der Waals surface area (Å²) >= 11 is 1.50. The number of thiophene rings is 1. The van der Waals surface area contributed by atoms with E-state index in [-0.39, 0.29) is 11.7 Å². The summed E-state index contributed by atoms with van der Waals surface area (Å²) in [6.07, 6.45) is 1.31. The van der Waals surface area contributed by atoms with Gasteiger partial charge in [0.2, 0.25) is 5.91 Å². The molecule has 1 amide bonds. The number of hydrogen-bond donors (Lipinski definition) is 1. The fraction of sp³-hybridized carbons (Fsp3) is 0.455. The van der Waals surface area contributed by atoms with E-state index in [4.69, 9.17) is 0 Å². The van der Waals surface area contributed by atoms with E-state index in [1.807, 2.05) is 19.1 Å². The Morgan fingerprint density at radius 1 is 1.40 bits per heavy atom. The predicted molar refractivity (Wildman–Crippen MR) is 61.3 cm³/mol. The number of nitrogens with one attached hydrogen (secondary N) is 1. The zero-order valence-corrected chi connectivity index (χ0v) is 9.82. The lowest BCUT2D eigenvalue weighted by Gasteiger charge is -2.00. The van der Waals surface area contributed by atoms with Gasteiger partial charge in [0.15, 0.2) is 5.78 Å². The van der Waals surface area contributed by atoms with Gasteiger partial charge in [0.05, 0.1) is 4.88 Å². The average Bonchev–Trinajstić information content (AvgIpc) is 2.66. The number of ketones is 1. The summed E-state index contributed by atoms with van der Waals surface area (Å²) in [4.78, 5) is 23.9. The number of hydrogen-bond acceptors (Lipinski definition) is 3. The molecule has 0 fully saturated rings. The van der Waals surface area contributed by atoms with E-state index in [0.29, 0.717) is 13.0 Å². The lowest BCUT2D eigenvalue weighted by Crippen LogP contribution is -2.24. The first-order valence-corrected chi connectivity index (χ1v) is 5.81. The third-order valence-electron chi connectivity index (χ3n) is 2.02. The highest BCUT2D eigenvalue weighted by Gasteiger charge is 2.04. The van der Waals surface area contributed by atoms with Crippen molar-refractivity contribution in [3.8, 4) is 0 Å². The molecule has 1 aromatic heterocycles. The SMILES string of the molecule is CCC(=O)NCCc1ccc(C(C)=O)s1. The van der Waals surface area contributed by atoms with Crippen LogP contribution in [0.5, 0.6) is 0 Å². The molecule has 0 unspecified atom stereocenters. The number of carbonyl (C=O) groups excluding carboxylic acids is 2. The summed E-state index contributed by atoms with van der Waals surface area (Å²) in [6.45, 7) is 4.04. The van der Waals surface area contributed by atoms with Crippen LogP contribution in [0.3, 0.4) is 0 Å². The molecule has 3 nitrogen and oxygen atoms in total. The molecule has 82 valence electrons. The van der Waals surface area contributed by atoms with Gasteiger partial charge >= 0.3 is 0 Å². The van der Waals surface area contributed by atoms with E-state index >= 15 is 0 Å². The standard InChI is InChI=1S/C11H15NO2S/c1-3-11(14)12-7-6-9-4-5-10(15-9)8(2)13/h4-5H,3,6-7H2,1-2H3,(H,12,14). The lowest BCUT2D eigenvalue weighted by molar-refractivity contribution is -0.120. The van der Waals surface area contributed by atoms with Crippen LogP contribution < -0.4 is 5.32 Å². The number of amides is 1. The van der Waals surface area contributed by atoms with Crippen molar-refractivity contribution >= 4 is 23.0 Å². The number of rotatable bonds is 5. The van der Waals surface area contributed by atoms with Crippen molar-refractivity contribution in [2.24, 2.45) is 0 Å². The lowest BCUT2D eigenvalue weighted by atomic mass is 10.3. The molecule has 1 aromatic rings. The highest BCUT2D eigenvalue weighted by atomic mass is 32.1. The minimum Gasteiger partial charge on any atom is -0.356 e. The second-order valence-corrected chi connectivity index (χ2v) is 4.44. The topological polar surface area (TPSA) is 46.2 Å². The van der Waals surface area contributed by atoms with E-state index in [2.05, 4.69) is 5.32 Å². The highest BCUT2D eigenvalue weighted by Crippen LogP contribution is 2.16. The molecule has 0 bridgehead atoms. The second kappa shape index (κ2) is 5.66. The normalized spacial score (nSPS) is 10.0. The van der Waals surface area contributed by atoms with Gasteiger partial charge in [-0.05, 0) is 25.5 Å². The van der Waals surface area contributed by atoms with Gasteiger partial charge in [-0.3, -0.25) is 9.59 Å². The first-order chi connectivity index (χ1) is 7.13. The average molecular weight is 225 g/mol. The fourth-order valence-electron chi connectivity index (χ4n) is 1.15. The maximum Gasteiger partial charge on any atom is 0.219 e. The largest absolute Gasteiger partial charge is 0.356 e. The Morgan fingerprint density at radius 2 is 2.13 bits per heavy atom. The van der Waals surface area contributed by atoms with Crippen LogP contribution in [0.25, 0.3) is 0 Å². The minimum atomic E-state index is 0.0679. The summed E-state index contributed by atoms with van der Waals surface area (Å²) in [7, 11) is 0. The molecule has 0 aromatic carbocycles. The molecule has 0 saturated carbocycles. The van der Waals surface area contributed by atoms with Crippen LogP contribution in [-0.4, -0.2) is 18.2 Å². The van der Waals surface area contributed by atoms with Gasteiger partial charge in [-0.1, -0.05) is 6.92 Å². The Labute approximate surface area is 93.5 Å². The Kier molecular flexibility index (Phi) is 4.49. The van der Waals surface area contributed by atoms with Crippen molar-refractivity contribution in [2.75, 3.05) is 6.54 Å². The molecule has 0 aliphatic rings. The summed E-state index contributed by atoms with van der Waals surface area (Å²) < 4.78 is 0. The van der Waals surface area contributed by atoms with Crippen LogP contribution in [0.1, 0.15) is 34.8 Å². The molecule has 1 heterocycles. The van der Waals surface area contributed by atoms with Crippen molar-refractivity contribution in [1.82, 2.24) is 5.32 Å². The first kappa shape index (κ1) is 11.9. The molecule has 15 heavy (non-hydrogen) atoms. The summed E-state index contributed by atoms with van der Waals surface area (Å²) in [5.74, 6) is 0.169. The smallest absolute Gasteiger partial charge is 0.219 e. The molecule has 0 saturated heterocycles. The van der Waals surface area contributed by atoms with Crippen LogP contribution in [0, 0.1) is 0 Å². The summed E-state index contributed by atoms with van der Waals surface area (Å²) in [5.41, 5.74) is 0. The number of carbonyl (C=O) groups is 2. The van der Waals surface area contributed by atoms with E-state index in [1.54, 1.807) is 6.92 Å². The molecule has 0 aliphatic heterocycles. The quantitative estimate of drug-likeness (QED) is 0.779. The van der Waals surface area contributed by atoms with Gasteiger partial charge in [-0.2, -0.15) is 0 Å². The molecule has 4 heteroatoms. The summed E-state index contributed by atoms with van der Waals surface area (Å²) in [6, 6.07) is 3.78. The molecular formula is C11H15NO2S. The molecule has 0 aliphatic carbocycles. The van der Waals surface area contributed by atoms with Gasteiger partial charge < -0.3 is 5.32 Å². The second-order valence-electron chi connectivity index (χ2n) is 3.28. The van der Waals surface area contributed by atoms with Gasteiger partial charge in [0, 0.05) is 17.8 Å². The third-order valence-corrected chi connectivity index (χ3v) is 3.27. The van der Waals surface area contributed by atoms with E-state index in [9.17, 15) is 9.59 Å². The van der Waals surface area contributed by atoms with Crippen molar-refractivity contribution in [3.05, 3.63) is 21.9 Å². The van der Waals surface area contributed by atoms with Crippen LogP contribution in [0.15, 0.2) is 12.1 Å². The maximum atomic E-state index is 11.0. The van der Waals surface area contributed by atoms with Crippen LogP contribution in [0.4, 0.5) is 0 Å². The van der Waals surface area contributed by atoms with Crippen LogP contribution in [0.2, 0.25) is 0 Å². The van der Waals surface area contributed by atoms with Gasteiger partial charge in [0.25, 0.3) is 0 Å². The molecule has 1 rings (SSSR count). The van der Waals surface area contributed by atoms with Crippen LogP contribution >= 0.6 is 11.3 Å². The van der Waals surface area contributed by atoms with E-state index < -0.39 is 0 Å². The van der Waals surface area contributed by atoms with Crippen molar-refractivity contribution in [3.63, 3.8) is 0 Å². The highest BCUT2D eigenvalue weighted by molar-refractivity contribution is 7.14. The fourth-order valence-corrected chi connectivity index (χ4v) is 2.05. The molecule has 1 N–H and O–H groups in total. The van der Waals surface area contributed by atoms with Crippen molar-refractivity contribution < 1.29 is 9.59 Å². The van der Waals surface area contributed by atoms with Crippen molar-refractivity contribution in [1.29, 1.82) is 0 Å². The maximum absolute atomic E-state index is 11.0. The third kappa shape index (κ3) is 3.83.